The van der Waals surface area contributed by atoms with Gasteiger partial charge in [-0.3, -0.25) is 9.89 Å². The standard InChI is InChI=1S/C14H19N5O2/c1-19(2)12(10-5-4-6-11(7-10)21-3)8-15-14(20)13-16-9-17-18-13/h4-7,9,12H,8H2,1-3H3,(H,15,20)(H,16,17,18). The van der Waals surface area contributed by atoms with Crippen LogP contribution in [0.25, 0.3) is 0 Å². The molecule has 1 aromatic heterocycles. The third-order valence-corrected chi connectivity index (χ3v) is 3.19. The van der Waals surface area contributed by atoms with Crippen LogP contribution in [0.5, 0.6) is 5.75 Å². The van der Waals surface area contributed by atoms with E-state index in [-0.39, 0.29) is 17.8 Å². The fourth-order valence-electron chi connectivity index (χ4n) is 2.04. The summed E-state index contributed by atoms with van der Waals surface area (Å²) in [4.78, 5) is 17.8. The van der Waals surface area contributed by atoms with Crippen molar-refractivity contribution < 1.29 is 9.53 Å². The summed E-state index contributed by atoms with van der Waals surface area (Å²) in [5.74, 6) is 0.723. The number of hydrogen-bond acceptors (Lipinski definition) is 5. The van der Waals surface area contributed by atoms with Gasteiger partial charge < -0.3 is 15.0 Å². The van der Waals surface area contributed by atoms with Crippen LogP contribution in [0.3, 0.4) is 0 Å². The molecule has 0 saturated carbocycles. The van der Waals surface area contributed by atoms with Gasteiger partial charge in [-0.05, 0) is 31.8 Å². The number of carbonyl (C=O) groups is 1. The summed E-state index contributed by atoms with van der Waals surface area (Å²) >= 11 is 0. The lowest BCUT2D eigenvalue weighted by molar-refractivity contribution is 0.0932. The fraction of sp³-hybridized carbons (Fsp3) is 0.357. The molecule has 1 unspecified atom stereocenters. The Hall–Kier alpha value is -2.41. The molecule has 2 N–H and O–H groups in total. The van der Waals surface area contributed by atoms with Crippen molar-refractivity contribution in [3.05, 3.63) is 42.0 Å². The molecule has 112 valence electrons. The molecule has 2 aromatic rings. The van der Waals surface area contributed by atoms with Gasteiger partial charge in [0.15, 0.2) is 0 Å². The van der Waals surface area contributed by atoms with E-state index in [1.54, 1.807) is 7.11 Å². The Labute approximate surface area is 123 Å². The van der Waals surface area contributed by atoms with Crippen molar-refractivity contribution in [3.63, 3.8) is 0 Å². The quantitative estimate of drug-likeness (QED) is 0.823. The lowest BCUT2D eigenvalue weighted by Gasteiger charge is -2.25. The first kappa shape index (κ1) is 15.0. The van der Waals surface area contributed by atoms with Crippen LogP contribution < -0.4 is 10.1 Å². The third kappa shape index (κ3) is 3.79. The van der Waals surface area contributed by atoms with Gasteiger partial charge in [-0.15, -0.1) is 0 Å². The number of aromatic amines is 1. The van der Waals surface area contributed by atoms with E-state index < -0.39 is 0 Å². The Morgan fingerprint density at radius 1 is 1.48 bits per heavy atom. The largest absolute Gasteiger partial charge is 0.497 e. The van der Waals surface area contributed by atoms with Crippen LogP contribution in [0, 0.1) is 0 Å². The Kier molecular flexibility index (Phi) is 4.89. The maximum absolute atomic E-state index is 11.9. The van der Waals surface area contributed by atoms with Crippen LogP contribution in [0.4, 0.5) is 0 Å². The molecule has 7 nitrogen and oxygen atoms in total. The number of benzene rings is 1. The highest BCUT2D eigenvalue weighted by Gasteiger charge is 2.17. The van der Waals surface area contributed by atoms with Crippen molar-refractivity contribution in [1.82, 2.24) is 25.4 Å². The summed E-state index contributed by atoms with van der Waals surface area (Å²) in [6, 6.07) is 7.83. The molecule has 21 heavy (non-hydrogen) atoms. The second kappa shape index (κ2) is 6.85. The third-order valence-electron chi connectivity index (χ3n) is 3.19. The Balaban J connectivity index is 2.07. The number of aromatic nitrogens is 3. The predicted octanol–water partition coefficient (Wildman–Crippen LogP) is 0.846. The molecule has 0 radical (unpaired) electrons. The van der Waals surface area contributed by atoms with Gasteiger partial charge in [-0.25, -0.2) is 4.98 Å². The minimum atomic E-state index is -0.276. The number of nitrogens with one attached hydrogen (secondary N) is 2. The summed E-state index contributed by atoms with van der Waals surface area (Å²) in [7, 11) is 5.56. The SMILES string of the molecule is COc1cccc(C(CNC(=O)c2ncn[nH]2)N(C)C)c1. The molecule has 0 fully saturated rings. The number of hydrogen-bond donors (Lipinski definition) is 2. The first-order valence-electron chi connectivity index (χ1n) is 6.55. The molecule has 2 rings (SSSR count). The molecular weight excluding hydrogens is 270 g/mol. The maximum atomic E-state index is 11.9. The average Bonchev–Trinajstić information content (AvgIpc) is 3.01. The average molecular weight is 289 g/mol. The summed E-state index contributed by atoms with van der Waals surface area (Å²) in [5, 5.41) is 9.05. The molecule has 0 spiro atoms. The van der Waals surface area contributed by atoms with Crippen LogP contribution >= 0.6 is 0 Å². The van der Waals surface area contributed by atoms with E-state index >= 15 is 0 Å². The first-order valence-corrected chi connectivity index (χ1v) is 6.55. The van der Waals surface area contributed by atoms with Crippen LogP contribution in [0.15, 0.2) is 30.6 Å². The molecular formula is C14H19N5O2. The molecule has 7 heteroatoms. The number of amides is 1. The number of rotatable bonds is 6. The van der Waals surface area contributed by atoms with Gasteiger partial charge in [0, 0.05) is 6.54 Å². The molecule has 0 saturated heterocycles. The number of nitrogens with zero attached hydrogens (tertiary/aromatic N) is 3. The van der Waals surface area contributed by atoms with Crippen molar-refractivity contribution in [2.75, 3.05) is 27.7 Å². The number of methoxy groups -OCH3 is 1. The van der Waals surface area contributed by atoms with E-state index in [0.29, 0.717) is 6.54 Å². The van der Waals surface area contributed by atoms with Crippen LogP contribution in [-0.4, -0.2) is 53.7 Å². The first-order chi connectivity index (χ1) is 10.1. The van der Waals surface area contributed by atoms with Crippen LogP contribution in [-0.2, 0) is 0 Å². The van der Waals surface area contributed by atoms with Crippen LogP contribution in [0.2, 0.25) is 0 Å². The molecule has 0 bridgehead atoms. The highest BCUT2D eigenvalue weighted by molar-refractivity contribution is 5.90. The smallest absolute Gasteiger partial charge is 0.288 e. The zero-order chi connectivity index (χ0) is 15.2. The lowest BCUT2D eigenvalue weighted by Crippen LogP contribution is -2.35. The molecule has 1 amide bonds. The monoisotopic (exact) mass is 289 g/mol. The summed E-state index contributed by atoms with van der Waals surface area (Å²) < 4.78 is 5.24. The summed E-state index contributed by atoms with van der Waals surface area (Å²) in [5.41, 5.74) is 1.07. The van der Waals surface area contributed by atoms with Crippen LogP contribution in [0.1, 0.15) is 22.2 Å². The number of ether oxygens (including phenoxy) is 1. The lowest BCUT2D eigenvalue weighted by atomic mass is 10.1. The van der Waals surface area contributed by atoms with Gasteiger partial charge in [0.2, 0.25) is 5.82 Å². The molecule has 0 aliphatic carbocycles. The normalized spacial score (nSPS) is 12.2. The molecule has 1 heterocycles. The van der Waals surface area contributed by atoms with Crippen molar-refractivity contribution in [3.8, 4) is 5.75 Å². The maximum Gasteiger partial charge on any atom is 0.288 e. The summed E-state index contributed by atoms with van der Waals surface area (Å²) in [6.07, 6.45) is 1.31. The van der Waals surface area contributed by atoms with Gasteiger partial charge in [-0.1, -0.05) is 12.1 Å². The van der Waals surface area contributed by atoms with Gasteiger partial charge in [-0.2, -0.15) is 5.10 Å². The Morgan fingerprint density at radius 3 is 2.90 bits per heavy atom. The van der Waals surface area contributed by atoms with Gasteiger partial charge >= 0.3 is 0 Å². The van der Waals surface area contributed by atoms with E-state index in [1.165, 1.54) is 6.33 Å². The number of likely N-dealkylation sites (N-methyl/N-ethyl adjacent to an activating group) is 1. The van der Waals surface area contributed by atoms with E-state index in [0.717, 1.165) is 11.3 Å². The molecule has 0 aliphatic heterocycles. The van der Waals surface area contributed by atoms with Crippen molar-refractivity contribution in [2.24, 2.45) is 0 Å². The molecule has 1 atom stereocenters. The van der Waals surface area contributed by atoms with Gasteiger partial charge in [0.05, 0.1) is 13.2 Å². The minimum absolute atomic E-state index is 0.0342. The van der Waals surface area contributed by atoms with Crippen molar-refractivity contribution in [2.45, 2.75) is 6.04 Å². The zero-order valence-electron chi connectivity index (χ0n) is 12.3. The summed E-state index contributed by atoms with van der Waals surface area (Å²) in [6.45, 7) is 0.458. The van der Waals surface area contributed by atoms with Gasteiger partial charge in [0.1, 0.15) is 12.1 Å². The Morgan fingerprint density at radius 2 is 2.29 bits per heavy atom. The Bertz CT molecular complexity index is 583. The number of H-pyrrole nitrogens is 1. The van der Waals surface area contributed by atoms with E-state index in [4.69, 9.17) is 4.74 Å². The highest BCUT2D eigenvalue weighted by Crippen LogP contribution is 2.22. The van der Waals surface area contributed by atoms with E-state index in [2.05, 4.69) is 20.5 Å². The van der Waals surface area contributed by atoms with E-state index in [1.807, 2.05) is 43.3 Å². The van der Waals surface area contributed by atoms with Crippen molar-refractivity contribution in [1.29, 1.82) is 0 Å². The molecule has 1 aromatic carbocycles. The fourth-order valence-corrected chi connectivity index (χ4v) is 2.04. The predicted molar refractivity (Wildman–Crippen MR) is 78.1 cm³/mol. The second-order valence-electron chi connectivity index (χ2n) is 4.80. The van der Waals surface area contributed by atoms with Crippen molar-refractivity contribution >= 4 is 5.91 Å². The minimum Gasteiger partial charge on any atom is -0.497 e. The van der Waals surface area contributed by atoms with Gasteiger partial charge in [0.25, 0.3) is 5.91 Å². The topological polar surface area (TPSA) is 83.1 Å². The second-order valence-corrected chi connectivity index (χ2v) is 4.80. The van der Waals surface area contributed by atoms with E-state index in [9.17, 15) is 4.79 Å². The molecule has 0 aliphatic rings. The highest BCUT2D eigenvalue weighted by atomic mass is 16.5. The zero-order valence-corrected chi connectivity index (χ0v) is 12.3. The number of carbonyl (C=O) groups excluding carboxylic acids is 1.